The minimum absolute atomic E-state index is 0.283. The molecule has 3 aromatic heterocycles. The summed E-state index contributed by atoms with van der Waals surface area (Å²) in [5, 5.41) is 9.85. The second-order valence-corrected chi connectivity index (χ2v) is 10.7. The number of rotatable bonds is 9. The van der Waals surface area contributed by atoms with Crippen molar-refractivity contribution in [3.63, 3.8) is 0 Å². The van der Waals surface area contributed by atoms with Crippen LogP contribution in [0.5, 0.6) is 0 Å². The highest BCUT2D eigenvalue weighted by molar-refractivity contribution is 7.90. The summed E-state index contributed by atoms with van der Waals surface area (Å²) >= 11 is 0. The van der Waals surface area contributed by atoms with E-state index in [2.05, 4.69) is 29.7 Å². The molecule has 0 saturated carbocycles. The fourth-order valence-electron chi connectivity index (χ4n) is 4.23. The average molecular weight is 493 g/mol. The molecule has 0 saturated heterocycles. The molecule has 180 valence electrons. The Morgan fingerprint density at radius 1 is 1.00 bits per heavy atom. The van der Waals surface area contributed by atoms with Crippen molar-refractivity contribution in [1.29, 1.82) is 0 Å². The molecule has 2 aromatic carbocycles. The van der Waals surface area contributed by atoms with Gasteiger partial charge in [-0.2, -0.15) is 0 Å². The number of nitrogens with one attached hydrogen (secondary N) is 2. The molecule has 0 spiro atoms. The zero-order valence-electron chi connectivity index (χ0n) is 19.2. The molecule has 0 unspecified atom stereocenters. The van der Waals surface area contributed by atoms with E-state index >= 15 is 0 Å². The van der Waals surface area contributed by atoms with Crippen LogP contribution in [0.15, 0.2) is 66.0 Å². The van der Waals surface area contributed by atoms with Crippen LogP contribution in [-0.4, -0.2) is 44.4 Å². The first-order valence-corrected chi connectivity index (χ1v) is 13.2. The van der Waals surface area contributed by atoms with E-state index in [4.69, 9.17) is 0 Å². The Labute approximate surface area is 202 Å². The number of fused-ring (bicyclic) bond motifs is 1. The first-order valence-electron chi connectivity index (χ1n) is 11.3. The lowest BCUT2D eigenvalue weighted by atomic mass is 10.1. The zero-order valence-corrected chi connectivity index (χ0v) is 20.0. The van der Waals surface area contributed by atoms with Gasteiger partial charge >= 0.3 is 0 Å². The van der Waals surface area contributed by atoms with Gasteiger partial charge in [-0.3, -0.25) is 0 Å². The van der Waals surface area contributed by atoms with Gasteiger partial charge in [-0.25, -0.2) is 17.8 Å². The van der Waals surface area contributed by atoms with Crippen LogP contribution >= 0.6 is 0 Å². The van der Waals surface area contributed by atoms with E-state index in [1.165, 1.54) is 18.4 Å². The molecule has 0 bridgehead atoms. The van der Waals surface area contributed by atoms with Gasteiger partial charge in [-0.1, -0.05) is 12.1 Å². The molecule has 0 atom stereocenters. The number of aryl methyl sites for hydroxylation is 1. The average Bonchev–Trinajstić information content (AvgIpc) is 3.55. The topological polar surface area (TPSA) is 109 Å². The molecule has 0 aliphatic rings. The number of aromatic nitrogens is 6. The highest BCUT2D eigenvalue weighted by Crippen LogP contribution is 2.20. The van der Waals surface area contributed by atoms with E-state index in [1.54, 1.807) is 30.6 Å². The molecule has 0 amide bonds. The smallest absolute Gasteiger partial charge is 0.175 e. The first-order chi connectivity index (χ1) is 16.8. The second kappa shape index (κ2) is 9.46. The lowest BCUT2D eigenvalue weighted by molar-refractivity contribution is 0.592. The standard InChI is InChI=1S/C25H25FN6O2S/c1-35(33,34)22-6-2-4-17(10-22)11-24-30-31-25(32(24)9-3-5-20-15-27-16-28-20)14-21-12-18-7-8-19(26)13-23(18)29-21/h2,4,6-8,10,12-13,15-16,29H,3,5,9,11,14H2,1H3,(H,27,28). The molecule has 3 heterocycles. The maximum absolute atomic E-state index is 13.6. The van der Waals surface area contributed by atoms with Crippen molar-refractivity contribution in [3.8, 4) is 0 Å². The quantitative estimate of drug-likeness (QED) is 0.325. The van der Waals surface area contributed by atoms with Gasteiger partial charge in [-0.05, 0) is 60.2 Å². The molecule has 2 N–H and O–H groups in total. The van der Waals surface area contributed by atoms with Gasteiger partial charge in [0.15, 0.2) is 9.84 Å². The largest absolute Gasteiger partial charge is 0.358 e. The Balaban J connectivity index is 1.43. The number of halogens is 1. The molecule has 0 aliphatic carbocycles. The lowest BCUT2D eigenvalue weighted by Crippen LogP contribution is -2.10. The van der Waals surface area contributed by atoms with Crippen LogP contribution in [0.2, 0.25) is 0 Å². The Kier molecular flexibility index (Phi) is 6.21. The minimum atomic E-state index is -3.30. The summed E-state index contributed by atoms with van der Waals surface area (Å²) in [7, 11) is -3.30. The van der Waals surface area contributed by atoms with E-state index < -0.39 is 9.84 Å². The Morgan fingerprint density at radius 3 is 2.60 bits per heavy atom. The Hall–Kier alpha value is -3.79. The summed E-state index contributed by atoms with van der Waals surface area (Å²) in [6, 6.07) is 13.6. The van der Waals surface area contributed by atoms with Crippen molar-refractivity contribution in [2.45, 2.75) is 37.1 Å². The minimum Gasteiger partial charge on any atom is -0.358 e. The number of hydrogen-bond acceptors (Lipinski definition) is 5. The van der Waals surface area contributed by atoms with Gasteiger partial charge in [0.05, 0.1) is 11.2 Å². The maximum atomic E-state index is 13.6. The van der Waals surface area contributed by atoms with Gasteiger partial charge in [0.2, 0.25) is 0 Å². The van der Waals surface area contributed by atoms with Crippen LogP contribution < -0.4 is 0 Å². The predicted octanol–water partition coefficient (Wildman–Crippen LogP) is 3.84. The van der Waals surface area contributed by atoms with Crippen molar-refractivity contribution in [1.82, 2.24) is 29.7 Å². The molecule has 0 aliphatic heterocycles. The summed E-state index contributed by atoms with van der Waals surface area (Å²) in [5.41, 5.74) is 3.56. The molecule has 5 aromatic rings. The van der Waals surface area contributed by atoms with Crippen molar-refractivity contribution >= 4 is 20.7 Å². The van der Waals surface area contributed by atoms with E-state index in [1.807, 2.05) is 18.3 Å². The summed E-state index contributed by atoms with van der Waals surface area (Å²) in [6.07, 6.45) is 7.32. The molecule has 8 nitrogen and oxygen atoms in total. The van der Waals surface area contributed by atoms with Crippen LogP contribution in [0, 0.1) is 5.82 Å². The van der Waals surface area contributed by atoms with E-state index in [0.717, 1.165) is 52.3 Å². The summed E-state index contributed by atoms with van der Waals surface area (Å²) < 4.78 is 39.7. The van der Waals surface area contributed by atoms with Crippen molar-refractivity contribution in [3.05, 3.63) is 95.5 Å². The summed E-state index contributed by atoms with van der Waals surface area (Å²) in [6.45, 7) is 0.692. The van der Waals surface area contributed by atoms with Gasteiger partial charge < -0.3 is 14.5 Å². The Bertz CT molecular complexity index is 1570. The Morgan fingerprint density at radius 2 is 1.83 bits per heavy atom. The lowest BCUT2D eigenvalue weighted by Gasteiger charge is -2.11. The highest BCUT2D eigenvalue weighted by Gasteiger charge is 2.16. The van der Waals surface area contributed by atoms with Crippen LogP contribution in [0.4, 0.5) is 4.39 Å². The van der Waals surface area contributed by atoms with Crippen molar-refractivity contribution in [2.24, 2.45) is 0 Å². The highest BCUT2D eigenvalue weighted by atomic mass is 32.2. The number of hydrogen-bond donors (Lipinski definition) is 2. The molecular weight excluding hydrogens is 467 g/mol. The fourth-order valence-corrected chi connectivity index (χ4v) is 4.93. The van der Waals surface area contributed by atoms with Crippen LogP contribution in [0.25, 0.3) is 10.9 Å². The number of aromatic amines is 2. The number of nitrogens with zero attached hydrogens (tertiary/aromatic N) is 4. The number of H-pyrrole nitrogens is 2. The SMILES string of the molecule is CS(=O)(=O)c1cccc(Cc2nnc(Cc3cc4ccc(F)cc4[nH]3)n2CCCc2cnc[nH]2)c1. The molecule has 0 radical (unpaired) electrons. The maximum Gasteiger partial charge on any atom is 0.175 e. The zero-order chi connectivity index (χ0) is 24.4. The van der Waals surface area contributed by atoms with Crippen molar-refractivity contribution < 1.29 is 12.8 Å². The second-order valence-electron chi connectivity index (χ2n) is 8.66. The third-order valence-corrected chi connectivity index (χ3v) is 7.07. The first kappa shape index (κ1) is 23.0. The van der Waals surface area contributed by atoms with Crippen molar-refractivity contribution in [2.75, 3.05) is 6.26 Å². The summed E-state index contributed by atoms with van der Waals surface area (Å²) in [4.78, 5) is 10.8. The van der Waals surface area contributed by atoms with E-state index in [9.17, 15) is 12.8 Å². The molecular formula is C25H25FN6O2S. The van der Waals surface area contributed by atoms with Gasteiger partial charge in [0.25, 0.3) is 0 Å². The van der Waals surface area contributed by atoms with Crippen LogP contribution in [0.1, 0.15) is 35.0 Å². The van der Waals surface area contributed by atoms with Crippen LogP contribution in [0.3, 0.4) is 0 Å². The van der Waals surface area contributed by atoms with Gasteiger partial charge in [-0.15, -0.1) is 10.2 Å². The molecule has 35 heavy (non-hydrogen) atoms. The van der Waals surface area contributed by atoms with E-state index in [-0.39, 0.29) is 10.7 Å². The predicted molar refractivity (Wildman–Crippen MR) is 130 cm³/mol. The molecule has 10 heteroatoms. The number of sulfone groups is 1. The third kappa shape index (κ3) is 5.32. The molecule has 0 fully saturated rings. The summed E-state index contributed by atoms with van der Waals surface area (Å²) in [5.74, 6) is 1.26. The monoisotopic (exact) mass is 492 g/mol. The van der Waals surface area contributed by atoms with Gasteiger partial charge in [0, 0.05) is 48.7 Å². The molecule has 5 rings (SSSR count). The fraction of sp³-hybridized carbons (Fsp3) is 0.240. The van der Waals surface area contributed by atoms with Gasteiger partial charge in [0.1, 0.15) is 17.5 Å². The van der Waals surface area contributed by atoms with Crippen LogP contribution in [-0.2, 0) is 35.6 Å². The number of benzene rings is 2. The third-order valence-electron chi connectivity index (χ3n) is 5.96. The number of imidazole rings is 1. The van der Waals surface area contributed by atoms with E-state index in [0.29, 0.717) is 19.4 Å². The normalized spacial score (nSPS) is 11.9.